The molecule has 0 bridgehead atoms. The van der Waals surface area contributed by atoms with Gasteiger partial charge in [0.1, 0.15) is 5.75 Å². The molecule has 0 saturated heterocycles. The SMILES string of the molecule is CCc1cccnc1CNCc1ncc(C)c(OC)c1C. The van der Waals surface area contributed by atoms with E-state index in [0.29, 0.717) is 6.54 Å². The lowest BCUT2D eigenvalue weighted by Crippen LogP contribution is -2.17. The third-order valence-corrected chi connectivity index (χ3v) is 3.70. The lowest BCUT2D eigenvalue weighted by molar-refractivity contribution is 0.406. The second-order valence-corrected chi connectivity index (χ2v) is 5.11. The van der Waals surface area contributed by atoms with Crippen molar-refractivity contribution in [3.8, 4) is 5.75 Å². The van der Waals surface area contributed by atoms with E-state index in [2.05, 4.69) is 28.3 Å². The van der Waals surface area contributed by atoms with Gasteiger partial charge in [-0.15, -0.1) is 0 Å². The van der Waals surface area contributed by atoms with Gasteiger partial charge in [0.15, 0.2) is 0 Å². The highest BCUT2D eigenvalue weighted by molar-refractivity contribution is 5.41. The van der Waals surface area contributed by atoms with Crippen LogP contribution in [0, 0.1) is 13.8 Å². The highest BCUT2D eigenvalue weighted by Crippen LogP contribution is 2.23. The van der Waals surface area contributed by atoms with Crippen molar-refractivity contribution in [1.29, 1.82) is 0 Å². The zero-order valence-corrected chi connectivity index (χ0v) is 13.2. The Balaban J connectivity index is 2.04. The molecule has 112 valence electrons. The maximum absolute atomic E-state index is 5.44. The second kappa shape index (κ2) is 7.18. The van der Waals surface area contributed by atoms with Gasteiger partial charge in [0.2, 0.25) is 0 Å². The highest BCUT2D eigenvalue weighted by Gasteiger charge is 2.09. The van der Waals surface area contributed by atoms with Crippen LogP contribution in [0.3, 0.4) is 0 Å². The van der Waals surface area contributed by atoms with Gasteiger partial charge in [-0.1, -0.05) is 13.0 Å². The van der Waals surface area contributed by atoms with Crippen LogP contribution in [0.15, 0.2) is 24.5 Å². The van der Waals surface area contributed by atoms with E-state index >= 15 is 0 Å². The molecule has 4 nitrogen and oxygen atoms in total. The average Bonchev–Trinajstić information content (AvgIpc) is 2.50. The van der Waals surface area contributed by atoms with Crippen LogP contribution in [-0.2, 0) is 19.5 Å². The minimum Gasteiger partial charge on any atom is -0.496 e. The van der Waals surface area contributed by atoms with Crippen LogP contribution in [0.5, 0.6) is 5.75 Å². The fourth-order valence-electron chi connectivity index (χ4n) is 2.50. The predicted octanol–water partition coefficient (Wildman–Crippen LogP) is 2.95. The van der Waals surface area contributed by atoms with Crippen molar-refractivity contribution in [2.45, 2.75) is 40.3 Å². The van der Waals surface area contributed by atoms with Crippen LogP contribution >= 0.6 is 0 Å². The quantitative estimate of drug-likeness (QED) is 0.886. The molecule has 0 aromatic carbocycles. The molecule has 0 aliphatic rings. The van der Waals surface area contributed by atoms with Crippen LogP contribution in [0.4, 0.5) is 0 Å². The molecule has 0 atom stereocenters. The normalized spacial score (nSPS) is 10.7. The Bertz CT molecular complexity index is 611. The number of pyridine rings is 2. The Hall–Kier alpha value is -1.94. The van der Waals surface area contributed by atoms with Crippen LogP contribution in [0.25, 0.3) is 0 Å². The number of ether oxygens (including phenoxy) is 1. The van der Waals surface area contributed by atoms with Gasteiger partial charge in [0, 0.05) is 36.6 Å². The molecule has 0 saturated carbocycles. The van der Waals surface area contributed by atoms with E-state index in [0.717, 1.165) is 41.2 Å². The van der Waals surface area contributed by atoms with E-state index in [9.17, 15) is 0 Å². The summed E-state index contributed by atoms with van der Waals surface area (Å²) in [4.78, 5) is 8.94. The minimum atomic E-state index is 0.711. The first-order valence-corrected chi connectivity index (χ1v) is 7.29. The van der Waals surface area contributed by atoms with Crippen molar-refractivity contribution in [3.05, 3.63) is 52.6 Å². The minimum absolute atomic E-state index is 0.711. The largest absolute Gasteiger partial charge is 0.496 e. The standard InChI is InChI=1S/C17H23N3O/c1-5-14-7-6-8-19-16(14)11-18-10-15-13(3)17(21-4)12(2)9-20-15/h6-9,18H,5,10-11H2,1-4H3. The van der Waals surface area contributed by atoms with Crippen molar-refractivity contribution in [2.24, 2.45) is 0 Å². The fourth-order valence-corrected chi connectivity index (χ4v) is 2.50. The number of hydrogen-bond donors (Lipinski definition) is 1. The van der Waals surface area contributed by atoms with Crippen molar-refractivity contribution in [2.75, 3.05) is 7.11 Å². The van der Waals surface area contributed by atoms with Crippen molar-refractivity contribution >= 4 is 0 Å². The molecule has 21 heavy (non-hydrogen) atoms. The Labute approximate surface area is 126 Å². The number of methoxy groups -OCH3 is 1. The summed E-state index contributed by atoms with van der Waals surface area (Å²) >= 11 is 0. The van der Waals surface area contributed by atoms with E-state index in [1.54, 1.807) is 7.11 Å². The molecule has 2 aromatic heterocycles. The van der Waals surface area contributed by atoms with Crippen LogP contribution in [-0.4, -0.2) is 17.1 Å². The molecule has 2 aromatic rings. The van der Waals surface area contributed by atoms with Crippen molar-refractivity contribution in [3.63, 3.8) is 0 Å². The summed E-state index contributed by atoms with van der Waals surface area (Å²) in [6.45, 7) is 7.67. The maximum Gasteiger partial charge on any atom is 0.128 e. The molecule has 1 N–H and O–H groups in total. The summed E-state index contributed by atoms with van der Waals surface area (Å²) in [5.41, 5.74) is 5.58. The predicted molar refractivity (Wildman–Crippen MR) is 84.4 cm³/mol. The van der Waals surface area contributed by atoms with Gasteiger partial charge in [-0.25, -0.2) is 0 Å². The molecular formula is C17H23N3O. The fraction of sp³-hybridized carbons (Fsp3) is 0.412. The first-order valence-electron chi connectivity index (χ1n) is 7.29. The summed E-state index contributed by atoms with van der Waals surface area (Å²) in [6.07, 6.45) is 4.70. The lowest BCUT2D eigenvalue weighted by atomic mass is 10.1. The molecular weight excluding hydrogens is 262 g/mol. The molecule has 4 heteroatoms. The van der Waals surface area contributed by atoms with Gasteiger partial charge in [-0.05, 0) is 31.9 Å². The van der Waals surface area contributed by atoms with Gasteiger partial charge in [-0.3, -0.25) is 9.97 Å². The van der Waals surface area contributed by atoms with Gasteiger partial charge in [0.25, 0.3) is 0 Å². The molecule has 0 spiro atoms. The molecule has 0 fully saturated rings. The van der Waals surface area contributed by atoms with Crippen LogP contribution in [0.1, 0.15) is 35.0 Å². The first-order chi connectivity index (χ1) is 10.2. The Morgan fingerprint density at radius 1 is 1.14 bits per heavy atom. The highest BCUT2D eigenvalue weighted by atomic mass is 16.5. The monoisotopic (exact) mass is 285 g/mol. The van der Waals surface area contributed by atoms with E-state index < -0.39 is 0 Å². The lowest BCUT2D eigenvalue weighted by Gasteiger charge is -2.13. The number of rotatable bonds is 6. The molecule has 0 aliphatic heterocycles. The van der Waals surface area contributed by atoms with Gasteiger partial charge < -0.3 is 10.1 Å². The molecule has 2 heterocycles. The number of aromatic nitrogens is 2. The number of nitrogens with zero attached hydrogens (tertiary/aromatic N) is 2. The third-order valence-electron chi connectivity index (χ3n) is 3.70. The summed E-state index contributed by atoms with van der Waals surface area (Å²) in [6, 6.07) is 4.11. The zero-order chi connectivity index (χ0) is 15.2. The molecule has 0 unspecified atom stereocenters. The zero-order valence-electron chi connectivity index (χ0n) is 13.2. The van der Waals surface area contributed by atoms with Crippen LogP contribution < -0.4 is 10.1 Å². The Morgan fingerprint density at radius 3 is 2.62 bits per heavy atom. The van der Waals surface area contributed by atoms with E-state index in [4.69, 9.17) is 4.74 Å². The maximum atomic E-state index is 5.44. The smallest absolute Gasteiger partial charge is 0.128 e. The third kappa shape index (κ3) is 3.58. The first kappa shape index (κ1) is 15.4. The second-order valence-electron chi connectivity index (χ2n) is 5.11. The summed E-state index contributed by atoms with van der Waals surface area (Å²) in [5, 5.41) is 3.42. The van der Waals surface area contributed by atoms with E-state index in [1.165, 1.54) is 5.56 Å². The van der Waals surface area contributed by atoms with Gasteiger partial charge in [0.05, 0.1) is 18.5 Å². The van der Waals surface area contributed by atoms with Crippen LogP contribution in [0.2, 0.25) is 0 Å². The van der Waals surface area contributed by atoms with Gasteiger partial charge >= 0.3 is 0 Å². The average molecular weight is 285 g/mol. The molecule has 0 amide bonds. The summed E-state index contributed by atoms with van der Waals surface area (Å²) in [5.74, 6) is 0.925. The molecule has 0 radical (unpaired) electrons. The summed E-state index contributed by atoms with van der Waals surface area (Å²) in [7, 11) is 1.70. The Morgan fingerprint density at radius 2 is 1.90 bits per heavy atom. The van der Waals surface area contributed by atoms with E-state index in [-0.39, 0.29) is 0 Å². The van der Waals surface area contributed by atoms with Crippen molar-refractivity contribution < 1.29 is 4.74 Å². The van der Waals surface area contributed by atoms with Crippen molar-refractivity contribution in [1.82, 2.24) is 15.3 Å². The number of nitrogens with one attached hydrogen (secondary N) is 1. The van der Waals surface area contributed by atoms with E-state index in [1.807, 2.05) is 32.3 Å². The molecule has 0 aliphatic carbocycles. The van der Waals surface area contributed by atoms with Gasteiger partial charge in [-0.2, -0.15) is 0 Å². The Kier molecular flexibility index (Phi) is 5.28. The number of aryl methyl sites for hydroxylation is 2. The number of hydrogen-bond acceptors (Lipinski definition) is 4. The topological polar surface area (TPSA) is 47.0 Å². The molecule has 2 rings (SSSR count). The summed E-state index contributed by atoms with van der Waals surface area (Å²) < 4.78 is 5.44.